The zero-order valence-corrected chi connectivity index (χ0v) is 29.2. The number of nitrogens with zero attached hydrogens (tertiary/aromatic N) is 2. The van der Waals surface area contributed by atoms with Crippen molar-refractivity contribution in [1.82, 2.24) is 4.57 Å². The highest BCUT2D eigenvalue weighted by molar-refractivity contribution is 14.1. The van der Waals surface area contributed by atoms with Crippen LogP contribution in [0.25, 0.3) is 6.08 Å². The number of aromatic nitrogens is 1. The highest BCUT2D eigenvalue weighted by Gasteiger charge is 2.35. The second-order valence-corrected chi connectivity index (χ2v) is 13.0. The van der Waals surface area contributed by atoms with Gasteiger partial charge in [-0.3, -0.25) is 9.36 Å². The quantitative estimate of drug-likeness (QED) is 0.137. The number of carbonyl (C=O) groups excluding carboxylic acids is 1. The van der Waals surface area contributed by atoms with E-state index in [-0.39, 0.29) is 24.9 Å². The highest BCUT2D eigenvalue weighted by atomic mass is 127. The van der Waals surface area contributed by atoms with Gasteiger partial charge in [0.1, 0.15) is 18.4 Å². The molecular formula is C34H32ClIN2O6S. The molecule has 5 rings (SSSR count). The molecule has 0 bridgehead atoms. The van der Waals surface area contributed by atoms with E-state index in [0.717, 1.165) is 14.7 Å². The summed E-state index contributed by atoms with van der Waals surface area (Å²) >= 11 is 9.76. The number of methoxy groups -OCH3 is 1. The molecule has 0 saturated carbocycles. The number of halogens is 2. The Hall–Kier alpha value is -3.61. The van der Waals surface area contributed by atoms with Gasteiger partial charge in [-0.05, 0) is 86.2 Å². The number of carbonyl (C=O) groups is 1. The van der Waals surface area contributed by atoms with Gasteiger partial charge >= 0.3 is 5.97 Å². The lowest BCUT2D eigenvalue weighted by atomic mass is 9.95. The van der Waals surface area contributed by atoms with Crippen LogP contribution < -0.4 is 29.1 Å². The number of ether oxygens (including phenoxy) is 4. The maximum atomic E-state index is 14.2. The number of rotatable bonds is 10. The molecule has 1 aliphatic rings. The lowest BCUT2D eigenvalue weighted by Crippen LogP contribution is -2.40. The van der Waals surface area contributed by atoms with Crippen molar-refractivity contribution < 1.29 is 23.7 Å². The van der Waals surface area contributed by atoms with E-state index < -0.39 is 12.0 Å². The molecule has 0 fully saturated rings. The number of allylic oxidation sites excluding steroid dienone is 1. The summed E-state index contributed by atoms with van der Waals surface area (Å²) in [5.41, 5.74) is 2.77. The van der Waals surface area contributed by atoms with Gasteiger partial charge in [0.25, 0.3) is 5.56 Å². The number of para-hydroxylation sites is 1. The second-order valence-electron chi connectivity index (χ2n) is 10.4. The number of fused-ring (bicyclic) bond motifs is 1. The first kappa shape index (κ1) is 32.8. The molecule has 234 valence electrons. The van der Waals surface area contributed by atoms with Gasteiger partial charge in [-0.2, -0.15) is 0 Å². The van der Waals surface area contributed by atoms with Crippen LogP contribution in [0.3, 0.4) is 0 Å². The molecular weight excluding hydrogens is 727 g/mol. The molecule has 3 aromatic carbocycles. The van der Waals surface area contributed by atoms with Gasteiger partial charge in [-0.15, -0.1) is 0 Å². The van der Waals surface area contributed by atoms with Gasteiger partial charge in [-0.1, -0.05) is 59.3 Å². The molecule has 1 atom stereocenters. The van der Waals surface area contributed by atoms with E-state index in [9.17, 15) is 9.59 Å². The van der Waals surface area contributed by atoms with Crippen molar-refractivity contribution in [1.29, 1.82) is 0 Å². The molecule has 1 aliphatic heterocycles. The van der Waals surface area contributed by atoms with Crippen LogP contribution >= 0.6 is 45.5 Å². The van der Waals surface area contributed by atoms with E-state index in [1.807, 2.05) is 74.5 Å². The zero-order chi connectivity index (χ0) is 32.2. The first-order valence-electron chi connectivity index (χ1n) is 14.3. The number of hydrogen-bond acceptors (Lipinski definition) is 8. The molecule has 0 amide bonds. The summed E-state index contributed by atoms with van der Waals surface area (Å²) in [6, 6.07) is 17.9. The maximum absolute atomic E-state index is 14.2. The van der Waals surface area contributed by atoms with E-state index in [4.69, 9.17) is 30.5 Å². The smallest absolute Gasteiger partial charge is 0.338 e. The van der Waals surface area contributed by atoms with Crippen LogP contribution in [0.15, 0.2) is 81.7 Å². The predicted octanol–water partition coefficient (Wildman–Crippen LogP) is 6.43. The van der Waals surface area contributed by atoms with Gasteiger partial charge in [0, 0.05) is 16.1 Å². The molecule has 4 aromatic rings. The normalized spacial score (nSPS) is 14.7. The fourth-order valence-corrected chi connectivity index (χ4v) is 7.05. The highest BCUT2D eigenvalue weighted by Crippen LogP contribution is 2.37. The van der Waals surface area contributed by atoms with Gasteiger partial charge in [0.05, 0.1) is 39.2 Å². The first-order valence-corrected chi connectivity index (χ1v) is 16.6. The summed E-state index contributed by atoms with van der Waals surface area (Å²) in [6.07, 6.45) is 1.68. The standard InChI is InChI=1S/C34H32ClIN2O6S/c1-6-42-33(40)29-20(4)37-34-38(30(29)23-12-8-10-14-26(23)44-19(2)3)32(39)28(45-34)17-21-15-25(36)31(27(16-21)41-5)43-18-22-11-7-9-13-24(22)35/h7-17,19,30H,6,18H2,1-5H3/b28-17+/t30-/m1/s1. The minimum Gasteiger partial charge on any atom is -0.493 e. The Morgan fingerprint density at radius 1 is 1.13 bits per heavy atom. The van der Waals surface area contributed by atoms with Crippen molar-refractivity contribution in [2.75, 3.05) is 13.7 Å². The predicted molar refractivity (Wildman–Crippen MR) is 184 cm³/mol. The van der Waals surface area contributed by atoms with Crippen LogP contribution in [0.4, 0.5) is 0 Å². The number of hydrogen-bond donors (Lipinski definition) is 0. The molecule has 8 nitrogen and oxygen atoms in total. The third-order valence-corrected chi connectivity index (χ3v) is 9.13. The second kappa shape index (κ2) is 14.2. The molecule has 0 unspecified atom stereocenters. The molecule has 0 radical (unpaired) electrons. The fraction of sp³-hybridized carbons (Fsp3) is 0.265. The number of benzene rings is 3. The summed E-state index contributed by atoms with van der Waals surface area (Å²) in [7, 11) is 1.57. The van der Waals surface area contributed by atoms with E-state index >= 15 is 0 Å². The molecule has 0 aliphatic carbocycles. The maximum Gasteiger partial charge on any atom is 0.338 e. The summed E-state index contributed by atoms with van der Waals surface area (Å²) in [4.78, 5) is 32.6. The minimum atomic E-state index is -0.785. The van der Waals surface area contributed by atoms with Crippen molar-refractivity contribution in [2.24, 2.45) is 4.99 Å². The number of thiazole rings is 1. The zero-order valence-electron chi connectivity index (χ0n) is 25.4. The van der Waals surface area contributed by atoms with Crippen LogP contribution in [-0.4, -0.2) is 30.4 Å². The van der Waals surface area contributed by atoms with Crippen molar-refractivity contribution >= 4 is 57.6 Å². The molecule has 0 saturated heterocycles. The van der Waals surface area contributed by atoms with Gasteiger partial charge in [-0.25, -0.2) is 9.79 Å². The third-order valence-electron chi connectivity index (χ3n) is 6.97. The minimum absolute atomic E-state index is 0.118. The molecule has 45 heavy (non-hydrogen) atoms. The van der Waals surface area contributed by atoms with E-state index in [0.29, 0.717) is 48.4 Å². The van der Waals surface area contributed by atoms with E-state index in [1.54, 1.807) is 31.6 Å². The van der Waals surface area contributed by atoms with Crippen molar-refractivity contribution in [2.45, 2.75) is 46.4 Å². The topological polar surface area (TPSA) is 88.4 Å². The molecule has 1 aromatic heterocycles. The van der Waals surface area contributed by atoms with Crippen molar-refractivity contribution in [3.8, 4) is 17.2 Å². The Balaban J connectivity index is 1.61. The van der Waals surface area contributed by atoms with Crippen molar-refractivity contribution in [3.05, 3.63) is 117 Å². The Labute approximate surface area is 283 Å². The fourth-order valence-electron chi connectivity index (χ4n) is 5.03. The van der Waals surface area contributed by atoms with Crippen LogP contribution in [0.5, 0.6) is 17.2 Å². The summed E-state index contributed by atoms with van der Waals surface area (Å²) in [6.45, 7) is 7.83. The molecule has 0 spiro atoms. The van der Waals surface area contributed by atoms with E-state index in [2.05, 4.69) is 27.6 Å². The molecule has 11 heteroatoms. The third kappa shape index (κ3) is 6.97. The van der Waals surface area contributed by atoms with Crippen LogP contribution in [-0.2, 0) is 16.1 Å². The van der Waals surface area contributed by atoms with Gasteiger partial charge in [0.2, 0.25) is 0 Å². The largest absolute Gasteiger partial charge is 0.493 e. The van der Waals surface area contributed by atoms with E-state index in [1.165, 1.54) is 11.3 Å². The summed E-state index contributed by atoms with van der Waals surface area (Å²) in [5.74, 6) is 1.15. The van der Waals surface area contributed by atoms with Gasteiger partial charge < -0.3 is 18.9 Å². The van der Waals surface area contributed by atoms with Crippen LogP contribution in [0.2, 0.25) is 5.02 Å². The lowest BCUT2D eigenvalue weighted by molar-refractivity contribution is -0.139. The molecule has 0 N–H and O–H groups in total. The monoisotopic (exact) mass is 758 g/mol. The molecule has 2 heterocycles. The average Bonchev–Trinajstić information content (AvgIpc) is 3.30. The Morgan fingerprint density at radius 3 is 2.58 bits per heavy atom. The Bertz CT molecular complexity index is 1970. The Kier molecular flexibility index (Phi) is 10.4. The number of esters is 1. The lowest BCUT2D eigenvalue weighted by Gasteiger charge is -2.26. The van der Waals surface area contributed by atoms with Crippen molar-refractivity contribution in [3.63, 3.8) is 0 Å². The van der Waals surface area contributed by atoms with Gasteiger partial charge in [0.15, 0.2) is 16.3 Å². The average molecular weight is 759 g/mol. The summed E-state index contributed by atoms with van der Waals surface area (Å²) in [5, 5.41) is 0.622. The Morgan fingerprint density at radius 2 is 1.87 bits per heavy atom. The summed E-state index contributed by atoms with van der Waals surface area (Å²) < 4.78 is 26.2. The van der Waals surface area contributed by atoms with Crippen LogP contribution in [0, 0.1) is 3.57 Å². The SMILES string of the molecule is CCOC(=O)C1=C(C)N=c2s/c(=C/c3cc(I)c(OCc4ccccc4Cl)c(OC)c3)c(=O)n2[C@@H]1c1ccccc1OC(C)C. The van der Waals surface area contributed by atoms with Crippen LogP contribution in [0.1, 0.15) is 50.4 Å². The first-order chi connectivity index (χ1) is 21.6.